The molecule has 1 aromatic heterocycles. The zero-order chi connectivity index (χ0) is 18.6. The minimum atomic E-state index is -3.56. The molecule has 2 aromatic rings. The number of carbonyl (C=O) groups excluding carboxylic acids is 1. The molecule has 0 bridgehead atoms. The highest BCUT2D eigenvalue weighted by Crippen LogP contribution is 2.20. The molecule has 0 saturated carbocycles. The van der Waals surface area contributed by atoms with E-state index in [1.54, 1.807) is 30.3 Å². The van der Waals surface area contributed by atoms with Crippen LogP contribution < -0.4 is 5.32 Å². The van der Waals surface area contributed by atoms with Crippen molar-refractivity contribution in [2.75, 3.05) is 38.7 Å². The average molecular weight is 377 g/mol. The fraction of sp³-hybridized carbons (Fsp3) is 0.294. The quantitative estimate of drug-likeness (QED) is 0.791. The van der Waals surface area contributed by atoms with Gasteiger partial charge in [-0.1, -0.05) is 0 Å². The number of esters is 1. The summed E-state index contributed by atoms with van der Waals surface area (Å²) in [7, 11) is -2.23. The van der Waals surface area contributed by atoms with Crippen LogP contribution in [-0.4, -0.2) is 57.1 Å². The lowest BCUT2D eigenvalue weighted by molar-refractivity contribution is 0.0600. The number of sulfonamides is 1. The number of pyridine rings is 1. The van der Waals surface area contributed by atoms with Crippen molar-refractivity contribution in [1.82, 2.24) is 9.29 Å². The molecule has 1 N–H and O–H groups in total. The van der Waals surface area contributed by atoms with Crippen LogP contribution in [0.15, 0.2) is 47.5 Å². The Hall–Kier alpha value is -2.49. The summed E-state index contributed by atoms with van der Waals surface area (Å²) < 4.78 is 36.3. The first-order chi connectivity index (χ1) is 12.5. The van der Waals surface area contributed by atoms with Crippen molar-refractivity contribution in [1.29, 1.82) is 0 Å². The van der Waals surface area contributed by atoms with E-state index in [2.05, 4.69) is 15.0 Å². The number of methoxy groups -OCH3 is 1. The SMILES string of the molecule is COC(=O)c1ccc(Nc2ccc(S(=O)(=O)N3CCOCC3)cn2)cc1. The summed E-state index contributed by atoms with van der Waals surface area (Å²) in [6.07, 6.45) is 1.33. The molecular formula is C17H19N3O5S. The maximum Gasteiger partial charge on any atom is 0.337 e. The Kier molecular flexibility index (Phi) is 5.50. The second-order valence-electron chi connectivity index (χ2n) is 5.59. The minimum Gasteiger partial charge on any atom is -0.465 e. The van der Waals surface area contributed by atoms with Crippen molar-refractivity contribution >= 4 is 27.5 Å². The molecule has 1 aliphatic rings. The van der Waals surface area contributed by atoms with Crippen LogP contribution in [0.4, 0.5) is 11.5 Å². The molecule has 9 heteroatoms. The molecule has 1 aliphatic heterocycles. The minimum absolute atomic E-state index is 0.144. The van der Waals surface area contributed by atoms with Crippen LogP contribution in [0.2, 0.25) is 0 Å². The van der Waals surface area contributed by atoms with Crippen LogP contribution in [0.5, 0.6) is 0 Å². The highest BCUT2D eigenvalue weighted by atomic mass is 32.2. The Morgan fingerprint density at radius 1 is 1.15 bits per heavy atom. The van der Waals surface area contributed by atoms with Crippen LogP contribution in [-0.2, 0) is 19.5 Å². The van der Waals surface area contributed by atoms with Crippen LogP contribution in [0, 0.1) is 0 Å². The highest BCUT2D eigenvalue weighted by molar-refractivity contribution is 7.89. The molecule has 0 aliphatic carbocycles. The van der Waals surface area contributed by atoms with Crippen molar-refractivity contribution in [3.63, 3.8) is 0 Å². The molecule has 1 saturated heterocycles. The summed E-state index contributed by atoms with van der Waals surface area (Å²) in [5.74, 6) is 0.0871. The fourth-order valence-corrected chi connectivity index (χ4v) is 3.85. The monoisotopic (exact) mass is 377 g/mol. The molecular weight excluding hydrogens is 358 g/mol. The van der Waals surface area contributed by atoms with Crippen molar-refractivity contribution in [3.05, 3.63) is 48.2 Å². The molecule has 0 unspecified atom stereocenters. The van der Waals surface area contributed by atoms with Crippen LogP contribution in [0.25, 0.3) is 0 Å². The van der Waals surface area contributed by atoms with E-state index in [0.717, 1.165) is 0 Å². The van der Waals surface area contributed by atoms with Gasteiger partial charge in [-0.05, 0) is 36.4 Å². The van der Waals surface area contributed by atoms with Gasteiger partial charge in [0.25, 0.3) is 0 Å². The number of morpholine rings is 1. The largest absolute Gasteiger partial charge is 0.465 e. The Morgan fingerprint density at radius 3 is 2.42 bits per heavy atom. The number of carbonyl (C=O) groups is 1. The van der Waals surface area contributed by atoms with Gasteiger partial charge in [0.2, 0.25) is 10.0 Å². The standard InChI is InChI=1S/C17H19N3O5S/c1-24-17(21)13-2-4-14(5-3-13)19-16-7-6-15(12-18-16)26(22,23)20-8-10-25-11-9-20/h2-7,12H,8-11H2,1H3,(H,18,19). The third kappa shape index (κ3) is 4.01. The van der Waals surface area contributed by atoms with Crippen molar-refractivity contribution in [2.45, 2.75) is 4.90 Å². The van der Waals surface area contributed by atoms with E-state index in [4.69, 9.17) is 4.74 Å². The van der Waals surface area contributed by atoms with E-state index in [9.17, 15) is 13.2 Å². The molecule has 0 amide bonds. The molecule has 26 heavy (non-hydrogen) atoms. The van der Waals surface area contributed by atoms with Gasteiger partial charge in [0.15, 0.2) is 0 Å². The van der Waals surface area contributed by atoms with Gasteiger partial charge in [-0.15, -0.1) is 0 Å². The predicted molar refractivity (Wildman–Crippen MR) is 94.9 cm³/mol. The summed E-state index contributed by atoms with van der Waals surface area (Å²) in [5.41, 5.74) is 1.16. The maximum atomic E-state index is 12.6. The van der Waals surface area contributed by atoms with Crippen LogP contribution in [0.1, 0.15) is 10.4 Å². The van der Waals surface area contributed by atoms with Gasteiger partial charge < -0.3 is 14.8 Å². The normalized spacial score (nSPS) is 15.4. The third-order valence-electron chi connectivity index (χ3n) is 3.92. The second kappa shape index (κ2) is 7.81. The number of nitrogens with zero attached hydrogens (tertiary/aromatic N) is 2. The predicted octanol–water partition coefficient (Wildman–Crippen LogP) is 1.63. The van der Waals surface area contributed by atoms with Gasteiger partial charge in [-0.25, -0.2) is 18.2 Å². The van der Waals surface area contributed by atoms with E-state index in [1.807, 2.05) is 0 Å². The Bertz CT molecular complexity index is 860. The van der Waals surface area contributed by atoms with Crippen molar-refractivity contribution in [2.24, 2.45) is 0 Å². The van der Waals surface area contributed by atoms with E-state index in [-0.39, 0.29) is 4.90 Å². The van der Waals surface area contributed by atoms with E-state index < -0.39 is 16.0 Å². The Balaban J connectivity index is 1.70. The summed E-state index contributed by atoms with van der Waals surface area (Å²) >= 11 is 0. The van der Waals surface area contributed by atoms with E-state index in [0.29, 0.717) is 43.4 Å². The summed E-state index contributed by atoms with van der Waals surface area (Å²) in [6, 6.07) is 9.81. The number of aromatic nitrogens is 1. The molecule has 1 aromatic carbocycles. The van der Waals surface area contributed by atoms with E-state index in [1.165, 1.54) is 23.7 Å². The lowest BCUT2D eigenvalue weighted by atomic mass is 10.2. The third-order valence-corrected chi connectivity index (χ3v) is 5.80. The van der Waals surface area contributed by atoms with Gasteiger partial charge in [0.1, 0.15) is 10.7 Å². The van der Waals surface area contributed by atoms with Crippen LogP contribution in [0.3, 0.4) is 0 Å². The molecule has 0 atom stereocenters. The first kappa shape index (κ1) is 18.3. The number of hydrogen-bond acceptors (Lipinski definition) is 7. The first-order valence-electron chi connectivity index (χ1n) is 8.00. The number of nitrogens with one attached hydrogen (secondary N) is 1. The fourth-order valence-electron chi connectivity index (χ4n) is 2.50. The zero-order valence-corrected chi connectivity index (χ0v) is 15.0. The topological polar surface area (TPSA) is 97.8 Å². The number of benzene rings is 1. The van der Waals surface area contributed by atoms with Gasteiger partial charge in [0, 0.05) is 25.0 Å². The lowest BCUT2D eigenvalue weighted by Gasteiger charge is -2.25. The highest BCUT2D eigenvalue weighted by Gasteiger charge is 2.26. The molecule has 8 nitrogen and oxygen atoms in total. The number of rotatable bonds is 5. The molecule has 3 rings (SSSR count). The van der Waals surface area contributed by atoms with Gasteiger partial charge in [-0.3, -0.25) is 0 Å². The summed E-state index contributed by atoms with van der Waals surface area (Å²) in [4.78, 5) is 15.7. The number of anilines is 2. The Labute approximate surface area is 151 Å². The molecule has 1 fully saturated rings. The van der Waals surface area contributed by atoms with Gasteiger partial charge >= 0.3 is 5.97 Å². The number of ether oxygens (including phenoxy) is 2. The Morgan fingerprint density at radius 2 is 1.85 bits per heavy atom. The van der Waals surface area contributed by atoms with Crippen molar-refractivity contribution in [3.8, 4) is 0 Å². The molecule has 0 radical (unpaired) electrons. The number of hydrogen-bond donors (Lipinski definition) is 1. The molecule has 138 valence electrons. The molecule has 0 spiro atoms. The average Bonchev–Trinajstić information content (AvgIpc) is 2.69. The van der Waals surface area contributed by atoms with Crippen LogP contribution >= 0.6 is 0 Å². The summed E-state index contributed by atoms with van der Waals surface area (Å²) in [5, 5.41) is 3.05. The molecule has 2 heterocycles. The first-order valence-corrected chi connectivity index (χ1v) is 9.44. The van der Waals surface area contributed by atoms with Gasteiger partial charge in [0.05, 0.1) is 25.9 Å². The maximum absolute atomic E-state index is 12.6. The summed E-state index contributed by atoms with van der Waals surface area (Å²) in [6.45, 7) is 1.48. The van der Waals surface area contributed by atoms with Crippen molar-refractivity contribution < 1.29 is 22.7 Å². The van der Waals surface area contributed by atoms with Gasteiger partial charge in [-0.2, -0.15) is 4.31 Å². The van der Waals surface area contributed by atoms with E-state index >= 15 is 0 Å². The second-order valence-corrected chi connectivity index (χ2v) is 7.53. The zero-order valence-electron chi connectivity index (χ0n) is 14.2. The smallest absolute Gasteiger partial charge is 0.337 e. The lowest BCUT2D eigenvalue weighted by Crippen LogP contribution is -2.40.